The van der Waals surface area contributed by atoms with E-state index < -0.39 is 0 Å². The number of ether oxygens (including phenoxy) is 1. The molecule has 1 atom stereocenters. The standard InChI is InChI=1S/C22H27N5O2S/c1-5-20(28)27-9-6-7-16(27)13-29-21-17-8-10-26(14(2)3)18(17)11-19(24-21)25-22-23-12-15(4)30-22/h5,8,10-12,14,16H,1,6-7,9,13H2,2-4H3,(H,23,24,25)/t16-/m1/s1. The maximum Gasteiger partial charge on any atom is 0.246 e. The molecule has 4 heterocycles. The minimum absolute atomic E-state index is 0.0396. The molecule has 0 aliphatic carbocycles. The first kappa shape index (κ1) is 20.4. The average molecular weight is 426 g/mol. The number of hydrogen-bond acceptors (Lipinski definition) is 6. The zero-order valence-corrected chi connectivity index (χ0v) is 18.4. The fourth-order valence-corrected chi connectivity index (χ4v) is 4.53. The molecule has 1 N–H and O–H groups in total. The van der Waals surface area contributed by atoms with E-state index in [2.05, 4.69) is 41.5 Å². The number of carbonyl (C=O) groups excluding carboxylic acids is 1. The SMILES string of the molecule is C=CC(=O)N1CCC[C@@H]1COc1nc(Nc2ncc(C)s2)cc2c1ccn2C(C)C. The van der Waals surface area contributed by atoms with Gasteiger partial charge in [-0.25, -0.2) is 4.98 Å². The summed E-state index contributed by atoms with van der Waals surface area (Å²) in [5, 5.41) is 5.06. The Kier molecular flexibility index (Phi) is 5.76. The minimum atomic E-state index is -0.0419. The van der Waals surface area contributed by atoms with Crippen molar-refractivity contribution in [2.45, 2.75) is 45.7 Å². The van der Waals surface area contributed by atoms with E-state index >= 15 is 0 Å². The van der Waals surface area contributed by atoms with E-state index in [0.29, 0.717) is 24.3 Å². The van der Waals surface area contributed by atoms with Crippen molar-refractivity contribution in [1.82, 2.24) is 19.4 Å². The highest BCUT2D eigenvalue weighted by molar-refractivity contribution is 7.15. The number of likely N-dealkylation sites (tertiary alicyclic amines) is 1. The minimum Gasteiger partial charge on any atom is -0.475 e. The third-order valence-corrected chi connectivity index (χ3v) is 6.17. The fourth-order valence-electron chi connectivity index (χ4n) is 3.86. The molecule has 8 heteroatoms. The molecule has 7 nitrogen and oxygen atoms in total. The average Bonchev–Trinajstić information content (AvgIpc) is 3.45. The van der Waals surface area contributed by atoms with Gasteiger partial charge in [0.05, 0.1) is 16.9 Å². The van der Waals surface area contributed by atoms with E-state index in [1.54, 1.807) is 11.3 Å². The van der Waals surface area contributed by atoms with Crippen molar-refractivity contribution in [3.8, 4) is 5.88 Å². The Labute approximate surface area is 180 Å². The number of nitrogens with one attached hydrogen (secondary N) is 1. The van der Waals surface area contributed by atoms with E-state index in [9.17, 15) is 4.79 Å². The molecule has 3 aromatic rings. The van der Waals surface area contributed by atoms with Gasteiger partial charge < -0.3 is 19.5 Å². The van der Waals surface area contributed by atoms with Crippen LogP contribution in [0.4, 0.5) is 10.9 Å². The summed E-state index contributed by atoms with van der Waals surface area (Å²) in [5.74, 6) is 1.22. The molecule has 0 bridgehead atoms. The molecule has 3 aromatic heterocycles. The molecule has 1 fully saturated rings. The summed E-state index contributed by atoms with van der Waals surface area (Å²) in [5.41, 5.74) is 1.05. The highest BCUT2D eigenvalue weighted by Crippen LogP contribution is 2.32. The first-order chi connectivity index (χ1) is 14.5. The van der Waals surface area contributed by atoms with Gasteiger partial charge in [0.1, 0.15) is 12.4 Å². The Hall–Kier alpha value is -2.87. The van der Waals surface area contributed by atoms with Gasteiger partial charge in [-0.15, -0.1) is 11.3 Å². The van der Waals surface area contributed by atoms with Gasteiger partial charge in [-0.2, -0.15) is 4.98 Å². The number of amides is 1. The van der Waals surface area contributed by atoms with Gasteiger partial charge in [-0.1, -0.05) is 6.58 Å². The maximum absolute atomic E-state index is 12.1. The molecule has 4 rings (SSSR count). The Morgan fingerprint density at radius 3 is 3.03 bits per heavy atom. The molecule has 0 saturated carbocycles. The maximum atomic E-state index is 12.1. The van der Waals surface area contributed by atoms with E-state index in [0.717, 1.165) is 40.3 Å². The van der Waals surface area contributed by atoms with Crippen LogP contribution in [-0.4, -0.2) is 44.5 Å². The van der Waals surface area contributed by atoms with Gasteiger partial charge in [-0.3, -0.25) is 4.79 Å². The molecule has 0 unspecified atom stereocenters. The number of pyridine rings is 1. The van der Waals surface area contributed by atoms with Crippen molar-refractivity contribution in [3.05, 3.63) is 42.1 Å². The lowest BCUT2D eigenvalue weighted by atomic mass is 10.2. The van der Waals surface area contributed by atoms with Gasteiger partial charge in [0, 0.05) is 35.9 Å². The number of nitrogens with zero attached hydrogens (tertiary/aromatic N) is 4. The van der Waals surface area contributed by atoms with Crippen molar-refractivity contribution in [2.75, 3.05) is 18.5 Å². The van der Waals surface area contributed by atoms with Crippen LogP contribution >= 0.6 is 11.3 Å². The summed E-state index contributed by atoms with van der Waals surface area (Å²) in [6.07, 6.45) is 7.17. The summed E-state index contributed by atoms with van der Waals surface area (Å²) < 4.78 is 8.39. The molecular weight excluding hydrogens is 398 g/mol. The molecule has 0 spiro atoms. The van der Waals surface area contributed by atoms with Gasteiger partial charge in [0.2, 0.25) is 11.8 Å². The van der Waals surface area contributed by atoms with Crippen LogP contribution in [0.3, 0.4) is 0 Å². The third-order valence-electron chi connectivity index (χ3n) is 5.34. The predicted molar refractivity (Wildman–Crippen MR) is 121 cm³/mol. The lowest BCUT2D eigenvalue weighted by Gasteiger charge is -2.23. The van der Waals surface area contributed by atoms with Crippen LogP contribution in [-0.2, 0) is 4.79 Å². The first-order valence-corrected chi connectivity index (χ1v) is 11.0. The normalized spacial score (nSPS) is 16.4. The first-order valence-electron chi connectivity index (χ1n) is 10.2. The van der Waals surface area contributed by atoms with Crippen LogP contribution in [0.15, 0.2) is 37.2 Å². The molecular formula is C22H27N5O2S. The number of anilines is 2. The second-order valence-electron chi connectivity index (χ2n) is 7.81. The number of carbonyl (C=O) groups is 1. The molecule has 0 radical (unpaired) electrons. The van der Waals surface area contributed by atoms with Crippen molar-refractivity contribution >= 4 is 39.1 Å². The molecule has 1 aliphatic rings. The topological polar surface area (TPSA) is 72.3 Å². The van der Waals surface area contributed by atoms with Crippen LogP contribution < -0.4 is 10.1 Å². The summed E-state index contributed by atoms with van der Waals surface area (Å²) >= 11 is 1.58. The van der Waals surface area contributed by atoms with Crippen molar-refractivity contribution < 1.29 is 9.53 Å². The van der Waals surface area contributed by atoms with Crippen molar-refractivity contribution in [1.29, 1.82) is 0 Å². The number of thiazole rings is 1. The number of aromatic nitrogens is 3. The summed E-state index contributed by atoms with van der Waals surface area (Å²) in [6.45, 7) is 11.1. The lowest BCUT2D eigenvalue weighted by Crippen LogP contribution is -2.38. The Morgan fingerprint density at radius 2 is 2.33 bits per heavy atom. The molecule has 158 valence electrons. The second-order valence-corrected chi connectivity index (χ2v) is 9.04. The summed E-state index contributed by atoms with van der Waals surface area (Å²) in [4.78, 5) is 24.2. The van der Waals surface area contributed by atoms with E-state index in [1.165, 1.54) is 6.08 Å². The largest absolute Gasteiger partial charge is 0.475 e. The zero-order chi connectivity index (χ0) is 21.3. The van der Waals surface area contributed by atoms with Crippen molar-refractivity contribution in [3.63, 3.8) is 0 Å². The quantitative estimate of drug-likeness (QED) is 0.557. The molecule has 1 aliphatic heterocycles. The monoisotopic (exact) mass is 425 g/mol. The van der Waals surface area contributed by atoms with Gasteiger partial charge in [0.25, 0.3) is 0 Å². The van der Waals surface area contributed by atoms with Gasteiger partial charge in [0.15, 0.2) is 5.13 Å². The van der Waals surface area contributed by atoms with Crippen molar-refractivity contribution in [2.24, 2.45) is 0 Å². The summed E-state index contributed by atoms with van der Waals surface area (Å²) in [7, 11) is 0. The van der Waals surface area contributed by atoms with E-state index in [1.807, 2.05) is 30.2 Å². The Bertz CT molecular complexity index is 1070. The smallest absolute Gasteiger partial charge is 0.246 e. The highest BCUT2D eigenvalue weighted by Gasteiger charge is 2.28. The summed E-state index contributed by atoms with van der Waals surface area (Å²) in [6, 6.07) is 4.42. The zero-order valence-electron chi connectivity index (χ0n) is 17.6. The van der Waals surface area contributed by atoms with Crippen LogP contribution in [0, 0.1) is 6.92 Å². The molecule has 1 amide bonds. The highest BCUT2D eigenvalue weighted by atomic mass is 32.1. The number of fused-ring (bicyclic) bond motifs is 1. The van der Waals surface area contributed by atoms with Crippen LogP contribution in [0.1, 0.15) is 37.6 Å². The third kappa shape index (κ3) is 4.05. The number of aryl methyl sites for hydroxylation is 1. The van der Waals surface area contributed by atoms with Gasteiger partial charge in [-0.05, 0) is 45.8 Å². The van der Waals surface area contributed by atoms with Gasteiger partial charge >= 0.3 is 0 Å². The predicted octanol–water partition coefficient (Wildman–Crippen LogP) is 4.68. The van der Waals surface area contributed by atoms with E-state index in [-0.39, 0.29) is 11.9 Å². The fraction of sp³-hybridized carbons (Fsp3) is 0.409. The number of rotatable bonds is 7. The number of hydrogen-bond donors (Lipinski definition) is 1. The second kappa shape index (κ2) is 8.47. The molecule has 30 heavy (non-hydrogen) atoms. The molecule has 1 saturated heterocycles. The Balaban J connectivity index is 1.63. The van der Waals surface area contributed by atoms with Crippen LogP contribution in [0.2, 0.25) is 0 Å². The molecule has 0 aromatic carbocycles. The van der Waals surface area contributed by atoms with E-state index in [4.69, 9.17) is 9.72 Å². The lowest BCUT2D eigenvalue weighted by molar-refractivity contribution is -0.127. The van der Waals surface area contributed by atoms with Crippen LogP contribution in [0.25, 0.3) is 10.9 Å². The Morgan fingerprint density at radius 1 is 1.50 bits per heavy atom. The van der Waals surface area contributed by atoms with Crippen LogP contribution in [0.5, 0.6) is 5.88 Å².